The standard InChI is InChI=1S/C21H35N3O2S/c1-4-18-16(2)27-15-19(18)21(26)24-8-7-20(17(14-24)6-5-13-25)23-11-9-22(3)10-12-23/h15,17,20,25H,4-14H2,1-3H3/t17-,20+/m0/s1. The van der Waals surface area contributed by atoms with Crippen molar-refractivity contribution in [2.24, 2.45) is 5.92 Å². The maximum absolute atomic E-state index is 13.2. The number of piperidine rings is 1. The van der Waals surface area contributed by atoms with Crippen LogP contribution in [-0.2, 0) is 6.42 Å². The van der Waals surface area contributed by atoms with Gasteiger partial charge in [-0.05, 0) is 51.1 Å². The van der Waals surface area contributed by atoms with E-state index in [4.69, 9.17) is 0 Å². The van der Waals surface area contributed by atoms with Crippen molar-refractivity contribution in [3.63, 3.8) is 0 Å². The summed E-state index contributed by atoms with van der Waals surface area (Å²) in [5.74, 6) is 0.671. The minimum atomic E-state index is 0.210. The molecule has 2 atom stereocenters. The second-order valence-corrected chi connectivity index (χ2v) is 9.19. The number of hydrogen-bond donors (Lipinski definition) is 1. The maximum Gasteiger partial charge on any atom is 0.254 e. The highest BCUT2D eigenvalue weighted by Crippen LogP contribution is 2.30. The summed E-state index contributed by atoms with van der Waals surface area (Å²) in [6.07, 6.45) is 3.80. The molecule has 2 aliphatic heterocycles. The Bertz CT molecular complexity index is 625. The van der Waals surface area contributed by atoms with Crippen LogP contribution in [0.1, 0.15) is 47.0 Å². The maximum atomic E-state index is 13.2. The number of carbonyl (C=O) groups is 1. The van der Waals surface area contributed by atoms with Crippen LogP contribution < -0.4 is 0 Å². The van der Waals surface area contributed by atoms with Gasteiger partial charge in [0.05, 0.1) is 5.56 Å². The Labute approximate surface area is 167 Å². The number of aryl methyl sites for hydroxylation is 1. The molecule has 5 nitrogen and oxygen atoms in total. The summed E-state index contributed by atoms with van der Waals surface area (Å²) in [6.45, 7) is 10.7. The number of aliphatic hydroxyl groups excluding tert-OH is 1. The summed E-state index contributed by atoms with van der Waals surface area (Å²) in [6, 6.07) is 0.546. The van der Waals surface area contributed by atoms with Crippen molar-refractivity contribution in [1.82, 2.24) is 14.7 Å². The predicted octanol–water partition coefficient (Wildman–Crippen LogP) is 2.47. The molecule has 1 aromatic rings. The molecule has 0 spiro atoms. The number of aliphatic hydroxyl groups is 1. The van der Waals surface area contributed by atoms with Crippen LogP contribution in [0.4, 0.5) is 0 Å². The van der Waals surface area contributed by atoms with Gasteiger partial charge in [0, 0.05) is 62.2 Å². The minimum absolute atomic E-state index is 0.210. The van der Waals surface area contributed by atoms with Gasteiger partial charge in [-0.3, -0.25) is 9.69 Å². The van der Waals surface area contributed by atoms with E-state index in [2.05, 4.69) is 35.6 Å². The molecule has 0 aliphatic carbocycles. The molecule has 3 rings (SSSR count). The molecule has 27 heavy (non-hydrogen) atoms. The third-order valence-corrected chi connectivity index (χ3v) is 7.36. The molecule has 0 unspecified atom stereocenters. The van der Waals surface area contributed by atoms with Gasteiger partial charge in [-0.2, -0.15) is 0 Å². The van der Waals surface area contributed by atoms with Crippen molar-refractivity contribution in [3.8, 4) is 0 Å². The first-order valence-corrected chi connectivity index (χ1v) is 11.3. The van der Waals surface area contributed by atoms with Gasteiger partial charge >= 0.3 is 0 Å². The minimum Gasteiger partial charge on any atom is -0.396 e. The number of piperazine rings is 1. The fourth-order valence-electron chi connectivity index (χ4n) is 4.74. The molecule has 2 fully saturated rings. The summed E-state index contributed by atoms with van der Waals surface area (Å²) >= 11 is 1.69. The summed E-state index contributed by atoms with van der Waals surface area (Å²) < 4.78 is 0. The number of hydrogen-bond acceptors (Lipinski definition) is 5. The van der Waals surface area contributed by atoms with Crippen LogP contribution in [0.25, 0.3) is 0 Å². The Morgan fingerprint density at radius 2 is 2.00 bits per heavy atom. The monoisotopic (exact) mass is 393 g/mol. The summed E-state index contributed by atoms with van der Waals surface area (Å²) in [5.41, 5.74) is 2.14. The topological polar surface area (TPSA) is 47.0 Å². The van der Waals surface area contributed by atoms with Gasteiger partial charge < -0.3 is 14.9 Å². The van der Waals surface area contributed by atoms with Gasteiger partial charge in [-0.15, -0.1) is 11.3 Å². The zero-order valence-electron chi connectivity index (χ0n) is 17.1. The third kappa shape index (κ3) is 4.73. The first-order valence-electron chi connectivity index (χ1n) is 10.4. The number of nitrogens with zero attached hydrogens (tertiary/aromatic N) is 3. The predicted molar refractivity (Wildman–Crippen MR) is 112 cm³/mol. The van der Waals surface area contributed by atoms with Crippen molar-refractivity contribution in [3.05, 3.63) is 21.4 Å². The number of likely N-dealkylation sites (tertiary alicyclic amines) is 1. The van der Waals surface area contributed by atoms with Gasteiger partial charge in [0.15, 0.2) is 0 Å². The Morgan fingerprint density at radius 3 is 2.67 bits per heavy atom. The molecule has 6 heteroatoms. The van der Waals surface area contributed by atoms with Crippen molar-refractivity contribution in [2.75, 3.05) is 52.9 Å². The highest BCUT2D eigenvalue weighted by Gasteiger charge is 2.36. The molecular formula is C21H35N3O2S. The fourth-order valence-corrected chi connectivity index (χ4v) is 5.68. The van der Waals surface area contributed by atoms with Gasteiger partial charge in [0.25, 0.3) is 5.91 Å². The number of likely N-dealkylation sites (N-methyl/N-ethyl adjacent to an activating group) is 1. The molecule has 1 N–H and O–H groups in total. The second kappa shape index (κ2) is 9.50. The van der Waals surface area contributed by atoms with E-state index in [1.165, 1.54) is 10.4 Å². The Hall–Kier alpha value is -0.950. The highest BCUT2D eigenvalue weighted by molar-refractivity contribution is 7.10. The average Bonchev–Trinajstić information content (AvgIpc) is 3.06. The molecule has 2 aliphatic rings. The number of carbonyl (C=O) groups excluding carboxylic acids is 1. The van der Waals surface area contributed by atoms with Crippen LogP contribution in [0.5, 0.6) is 0 Å². The highest BCUT2D eigenvalue weighted by atomic mass is 32.1. The van der Waals surface area contributed by atoms with Crippen molar-refractivity contribution >= 4 is 17.2 Å². The average molecular weight is 394 g/mol. The molecule has 0 radical (unpaired) electrons. The fraction of sp³-hybridized carbons (Fsp3) is 0.762. The number of rotatable bonds is 6. The quantitative estimate of drug-likeness (QED) is 0.807. The second-order valence-electron chi connectivity index (χ2n) is 8.11. The van der Waals surface area contributed by atoms with E-state index < -0.39 is 0 Å². The van der Waals surface area contributed by atoms with E-state index in [9.17, 15) is 9.90 Å². The van der Waals surface area contributed by atoms with Crippen LogP contribution in [0, 0.1) is 12.8 Å². The van der Waals surface area contributed by atoms with Crippen molar-refractivity contribution in [2.45, 2.75) is 45.6 Å². The zero-order chi connectivity index (χ0) is 19.4. The number of amides is 1. The smallest absolute Gasteiger partial charge is 0.254 e. The Morgan fingerprint density at radius 1 is 1.26 bits per heavy atom. The Kier molecular flexibility index (Phi) is 7.31. The first kappa shape index (κ1) is 20.8. The molecule has 0 bridgehead atoms. The van der Waals surface area contributed by atoms with Crippen LogP contribution in [0.15, 0.2) is 5.38 Å². The van der Waals surface area contributed by atoms with E-state index in [-0.39, 0.29) is 12.5 Å². The van der Waals surface area contributed by atoms with Crippen molar-refractivity contribution < 1.29 is 9.90 Å². The zero-order valence-corrected chi connectivity index (χ0v) is 17.9. The van der Waals surface area contributed by atoms with E-state index in [1.807, 2.05) is 5.38 Å². The lowest BCUT2D eigenvalue weighted by atomic mass is 9.86. The lowest BCUT2D eigenvalue weighted by molar-refractivity contribution is 0.0217. The largest absolute Gasteiger partial charge is 0.396 e. The molecule has 2 saturated heterocycles. The van der Waals surface area contributed by atoms with Gasteiger partial charge in [-0.25, -0.2) is 0 Å². The van der Waals surface area contributed by atoms with E-state index in [0.717, 1.165) is 70.5 Å². The summed E-state index contributed by atoms with van der Waals surface area (Å²) in [4.78, 5) is 21.6. The Balaban J connectivity index is 1.70. The van der Waals surface area contributed by atoms with Crippen LogP contribution in [-0.4, -0.2) is 84.7 Å². The van der Waals surface area contributed by atoms with Crippen LogP contribution in [0.2, 0.25) is 0 Å². The lowest BCUT2D eigenvalue weighted by Crippen LogP contribution is -2.57. The van der Waals surface area contributed by atoms with Gasteiger partial charge in [0.1, 0.15) is 0 Å². The molecular weight excluding hydrogens is 358 g/mol. The van der Waals surface area contributed by atoms with E-state index in [1.54, 1.807) is 11.3 Å². The van der Waals surface area contributed by atoms with E-state index >= 15 is 0 Å². The lowest BCUT2D eigenvalue weighted by Gasteiger charge is -2.46. The molecule has 0 aromatic carbocycles. The van der Waals surface area contributed by atoms with E-state index in [0.29, 0.717) is 12.0 Å². The third-order valence-electron chi connectivity index (χ3n) is 6.41. The SMILES string of the molecule is CCc1c(C(=O)N2CC[C@@H](N3CCN(C)CC3)[C@@H](CCCO)C2)csc1C. The molecule has 3 heterocycles. The van der Waals surface area contributed by atoms with Gasteiger partial charge in [0.2, 0.25) is 0 Å². The molecule has 1 amide bonds. The van der Waals surface area contributed by atoms with Crippen molar-refractivity contribution in [1.29, 1.82) is 0 Å². The van der Waals surface area contributed by atoms with Crippen LogP contribution >= 0.6 is 11.3 Å². The number of thiophene rings is 1. The normalized spacial score (nSPS) is 25.1. The molecule has 152 valence electrons. The first-order chi connectivity index (χ1) is 13.0. The summed E-state index contributed by atoms with van der Waals surface area (Å²) in [7, 11) is 2.19. The van der Waals surface area contributed by atoms with Gasteiger partial charge in [-0.1, -0.05) is 6.92 Å². The molecule has 1 aromatic heterocycles. The van der Waals surface area contributed by atoms with Crippen LogP contribution in [0.3, 0.4) is 0 Å². The molecule has 0 saturated carbocycles. The summed E-state index contributed by atoms with van der Waals surface area (Å²) in [5, 5.41) is 11.4.